The van der Waals surface area contributed by atoms with E-state index in [1.165, 1.54) is 6.20 Å². The number of rotatable bonds is 3. The van der Waals surface area contributed by atoms with E-state index >= 15 is 0 Å². The van der Waals surface area contributed by atoms with E-state index < -0.39 is 0 Å². The molecular formula is C17H16N4O3. The van der Waals surface area contributed by atoms with Crippen molar-refractivity contribution in [2.75, 3.05) is 6.54 Å². The van der Waals surface area contributed by atoms with E-state index in [0.717, 1.165) is 11.3 Å². The quantitative estimate of drug-likeness (QED) is 0.792. The van der Waals surface area contributed by atoms with Gasteiger partial charge in [-0.15, -0.1) is 0 Å². The molecule has 3 aromatic rings. The van der Waals surface area contributed by atoms with E-state index in [-0.39, 0.29) is 12.5 Å². The zero-order chi connectivity index (χ0) is 16.5. The smallest absolute Gasteiger partial charge is 0.259 e. The second kappa shape index (κ2) is 5.93. The minimum atomic E-state index is -0.117. The van der Waals surface area contributed by atoms with Crippen LogP contribution in [0.5, 0.6) is 0 Å². The van der Waals surface area contributed by atoms with Crippen molar-refractivity contribution in [3.63, 3.8) is 0 Å². The van der Waals surface area contributed by atoms with E-state index in [1.807, 2.05) is 41.1 Å². The van der Waals surface area contributed by atoms with Crippen LogP contribution in [0.2, 0.25) is 0 Å². The van der Waals surface area contributed by atoms with Crippen LogP contribution in [0, 0.1) is 0 Å². The third kappa shape index (κ3) is 2.48. The van der Waals surface area contributed by atoms with Gasteiger partial charge in [0.1, 0.15) is 5.56 Å². The summed E-state index contributed by atoms with van der Waals surface area (Å²) in [6, 6.07) is 11.3. The molecule has 0 fully saturated rings. The number of carbonyl (C=O) groups excluding carboxylic acids is 1. The summed E-state index contributed by atoms with van der Waals surface area (Å²) >= 11 is 0. The van der Waals surface area contributed by atoms with Crippen molar-refractivity contribution in [1.82, 2.24) is 19.8 Å². The van der Waals surface area contributed by atoms with Crippen molar-refractivity contribution in [1.29, 1.82) is 0 Å². The lowest BCUT2D eigenvalue weighted by Crippen LogP contribution is -2.38. The first-order valence-corrected chi connectivity index (χ1v) is 7.72. The highest BCUT2D eigenvalue weighted by Crippen LogP contribution is 2.25. The van der Waals surface area contributed by atoms with Gasteiger partial charge in [-0.2, -0.15) is 5.10 Å². The largest absolute Gasteiger partial charge is 0.390 e. The second-order valence-corrected chi connectivity index (χ2v) is 5.67. The van der Waals surface area contributed by atoms with Crippen LogP contribution in [0.4, 0.5) is 0 Å². The maximum Gasteiger partial charge on any atom is 0.259 e. The van der Waals surface area contributed by atoms with Gasteiger partial charge in [0.15, 0.2) is 5.76 Å². The standard InChI is InChI=1S/C17H16N4O3/c22-11-13-8-14-10-20(6-7-21(14)19-13)17(23)15-9-18-24-16(15)12-4-2-1-3-5-12/h1-5,8-9,22H,6-7,10-11H2. The van der Waals surface area contributed by atoms with Gasteiger partial charge >= 0.3 is 0 Å². The van der Waals surface area contributed by atoms with Crippen LogP contribution in [0.25, 0.3) is 11.3 Å². The number of amides is 1. The van der Waals surface area contributed by atoms with Crippen molar-refractivity contribution in [2.24, 2.45) is 0 Å². The van der Waals surface area contributed by atoms with Gasteiger partial charge in [-0.25, -0.2) is 0 Å². The molecule has 122 valence electrons. The Bertz CT molecular complexity index is 869. The lowest BCUT2D eigenvalue weighted by Gasteiger charge is -2.27. The molecule has 1 amide bonds. The van der Waals surface area contributed by atoms with E-state index in [2.05, 4.69) is 10.3 Å². The van der Waals surface area contributed by atoms with Crippen molar-refractivity contribution in [3.05, 3.63) is 59.5 Å². The first-order chi connectivity index (χ1) is 11.8. The molecule has 1 N–H and O–H groups in total. The lowest BCUT2D eigenvalue weighted by atomic mass is 10.1. The number of fused-ring (bicyclic) bond motifs is 1. The van der Waals surface area contributed by atoms with Crippen LogP contribution in [0.15, 0.2) is 47.1 Å². The molecule has 0 atom stereocenters. The fraction of sp³-hybridized carbons (Fsp3) is 0.235. The molecular weight excluding hydrogens is 308 g/mol. The third-order valence-electron chi connectivity index (χ3n) is 4.13. The van der Waals surface area contributed by atoms with Crippen molar-refractivity contribution < 1.29 is 14.4 Å². The van der Waals surface area contributed by atoms with E-state index in [1.54, 1.807) is 4.90 Å². The predicted molar refractivity (Wildman–Crippen MR) is 84.8 cm³/mol. The molecule has 3 heterocycles. The Morgan fingerprint density at radius 1 is 1.25 bits per heavy atom. The topological polar surface area (TPSA) is 84.4 Å². The molecule has 0 saturated carbocycles. The number of hydrogen-bond donors (Lipinski definition) is 1. The van der Waals surface area contributed by atoms with Crippen LogP contribution in [0.1, 0.15) is 21.7 Å². The molecule has 2 aromatic heterocycles. The van der Waals surface area contributed by atoms with Crippen molar-refractivity contribution in [3.8, 4) is 11.3 Å². The number of hydrogen-bond acceptors (Lipinski definition) is 5. The maximum absolute atomic E-state index is 12.9. The summed E-state index contributed by atoms with van der Waals surface area (Å²) in [4.78, 5) is 14.6. The highest BCUT2D eigenvalue weighted by molar-refractivity contribution is 5.99. The number of aliphatic hydroxyl groups excluding tert-OH is 1. The van der Waals surface area contributed by atoms with Gasteiger partial charge in [-0.3, -0.25) is 9.48 Å². The fourth-order valence-corrected chi connectivity index (χ4v) is 2.94. The Kier molecular flexibility index (Phi) is 3.62. The summed E-state index contributed by atoms with van der Waals surface area (Å²) in [7, 11) is 0. The number of benzene rings is 1. The second-order valence-electron chi connectivity index (χ2n) is 5.67. The molecule has 1 aliphatic heterocycles. The molecule has 7 nitrogen and oxygen atoms in total. The molecule has 7 heteroatoms. The average molecular weight is 324 g/mol. The van der Waals surface area contributed by atoms with Gasteiger partial charge < -0.3 is 14.5 Å². The Morgan fingerprint density at radius 3 is 2.88 bits per heavy atom. The van der Waals surface area contributed by atoms with E-state index in [0.29, 0.717) is 36.7 Å². The molecule has 24 heavy (non-hydrogen) atoms. The van der Waals surface area contributed by atoms with Gasteiger partial charge in [0, 0.05) is 12.1 Å². The van der Waals surface area contributed by atoms with Gasteiger partial charge in [0.25, 0.3) is 5.91 Å². The molecule has 0 bridgehead atoms. The number of nitrogens with zero attached hydrogens (tertiary/aromatic N) is 4. The maximum atomic E-state index is 12.9. The first-order valence-electron chi connectivity index (χ1n) is 7.72. The lowest BCUT2D eigenvalue weighted by molar-refractivity contribution is 0.0706. The Labute approximate surface area is 138 Å². The minimum absolute atomic E-state index is 0.0995. The molecule has 1 aromatic carbocycles. The SMILES string of the molecule is O=C(c1cnoc1-c1ccccc1)N1CCn2nc(CO)cc2C1. The van der Waals surface area contributed by atoms with Crippen LogP contribution < -0.4 is 0 Å². The summed E-state index contributed by atoms with van der Waals surface area (Å²) in [5, 5.41) is 17.3. The monoisotopic (exact) mass is 324 g/mol. The number of carbonyl (C=O) groups is 1. The van der Waals surface area contributed by atoms with E-state index in [4.69, 9.17) is 4.52 Å². The van der Waals surface area contributed by atoms with Gasteiger partial charge in [0.05, 0.1) is 37.3 Å². The molecule has 4 rings (SSSR count). The summed E-state index contributed by atoms with van der Waals surface area (Å²) in [5.74, 6) is 0.365. The highest BCUT2D eigenvalue weighted by atomic mass is 16.5. The van der Waals surface area contributed by atoms with Crippen LogP contribution in [-0.4, -0.2) is 37.4 Å². The summed E-state index contributed by atoms with van der Waals surface area (Å²) < 4.78 is 7.14. The zero-order valence-corrected chi connectivity index (χ0v) is 12.9. The molecule has 0 spiro atoms. The Morgan fingerprint density at radius 2 is 2.08 bits per heavy atom. The number of aliphatic hydroxyl groups is 1. The van der Waals surface area contributed by atoms with E-state index in [9.17, 15) is 9.90 Å². The van der Waals surface area contributed by atoms with Gasteiger partial charge in [-0.05, 0) is 6.07 Å². The summed E-state index contributed by atoms with van der Waals surface area (Å²) in [5.41, 5.74) is 2.81. The molecule has 0 aliphatic carbocycles. The van der Waals surface area contributed by atoms with Crippen LogP contribution in [-0.2, 0) is 19.7 Å². The third-order valence-corrected chi connectivity index (χ3v) is 4.13. The molecule has 0 unspecified atom stereocenters. The summed E-state index contributed by atoms with van der Waals surface area (Å²) in [6.07, 6.45) is 1.47. The van der Waals surface area contributed by atoms with Gasteiger partial charge in [0.2, 0.25) is 0 Å². The predicted octanol–water partition coefficient (Wildman–Crippen LogP) is 1.69. The minimum Gasteiger partial charge on any atom is -0.390 e. The summed E-state index contributed by atoms with van der Waals surface area (Å²) in [6.45, 7) is 1.51. The number of aromatic nitrogens is 3. The van der Waals surface area contributed by atoms with Gasteiger partial charge in [-0.1, -0.05) is 35.5 Å². The highest BCUT2D eigenvalue weighted by Gasteiger charge is 2.27. The van der Waals surface area contributed by atoms with Crippen LogP contribution >= 0.6 is 0 Å². The molecule has 0 saturated heterocycles. The zero-order valence-electron chi connectivity index (χ0n) is 12.9. The van der Waals surface area contributed by atoms with Crippen molar-refractivity contribution in [2.45, 2.75) is 19.7 Å². The normalized spacial score (nSPS) is 13.8. The fourth-order valence-electron chi connectivity index (χ4n) is 2.94. The average Bonchev–Trinajstić information content (AvgIpc) is 3.27. The molecule has 1 aliphatic rings. The van der Waals surface area contributed by atoms with Crippen molar-refractivity contribution >= 4 is 5.91 Å². The Balaban J connectivity index is 1.60. The Hall–Kier alpha value is -2.93. The molecule has 0 radical (unpaired) electrons. The van der Waals surface area contributed by atoms with Crippen LogP contribution in [0.3, 0.4) is 0 Å². The first kappa shape index (κ1) is 14.6.